The molecule has 0 aromatic carbocycles. The van der Waals surface area contributed by atoms with Gasteiger partial charge in [0, 0.05) is 6.20 Å². The van der Waals surface area contributed by atoms with Gasteiger partial charge in [0.1, 0.15) is 5.65 Å². The molecule has 19 heavy (non-hydrogen) atoms. The van der Waals surface area contributed by atoms with Crippen molar-refractivity contribution in [3.8, 4) is 0 Å². The normalized spacial score (nSPS) is 12.3. The van der Waals surface area contributed by atoms with E-state index in [0.29, 0.717) is 0 Å². The van der Waals surface area contributed by atoms with Gasteiger partial charge in [-0.05, 0) is 18.1 Å². The Labute approximate surface area is 106 Å². The summed E-state index contributed by atoms with van der Waals surface area (Å²) in [5.41, 5.74) is -1.40. The first kappa shape index (κ1) is 13.4. The molecule has 0 bridgehead atoms. The number of carbonyl (C=O) groups is 1. The Morgan fingerprint density at radius 1 is 1.42 bits per heavy atom. The van der Waals surface area contributed by atoms with Crippen LogP contribution in [0.15, 0.2) is 18.3 Å². The van der Waals surface area contributed by atoms with E-state index >= 15 is 0 Å². The molecule has 0 saturated carbocycles. The fourth-order valence-corrected chi connectivity index (χ4v) is 2.02. The van der Waals surface area contributed by atoms with E-state index in [1.54, 1.807) is 13.8 Å². The van der Waals surface area contributed by atoms with Crippen LogP contribution in [0.5, 0.6) is 0 Å². The molecule has 2 aromatic heterocycles. The number of halogens is 3. The number of rotatable bonds is 2. The molecule has 2 aromatic rings. The highest BCUT2D eigenvalue weighted by atomic mass is 19.4. The van der Waals surface area contributed by atoms with E-state index in [1.165, 1.54) is 16.7 Å². The molecule has 0 aliphatic carbocycles. The second-order valence-corrected chi connectivity index (χ2v) is 4.42. The largest absolute Gasteiger partial charge is 0.476 e. The number of fused-ring (bicyclic) bond motifs is 1. The lowest BCUT2D eigenvalue weighted by molar-refractivity contribution is -0.136. The van der Waals surface area contributed by atoms with Crippen LogP contribution < -0.4 is 0 Å². The van der Waals surface area contributed by atoms with Gasteiger partial charge in [0.15, 0.2) is 5.69 Å². The van der Waals surface area contributed by atoms with Crippen molar-refractivity contribution in [2.45, 2.75) is 25.9 Å². The van der Waals surface area contributed by atoms with Gasteiger partial charge in [0.25, 0.3) is 0 Å². The van der Waals surface area contributed by atoms with Crippen molar-refractivity contribution in [1.82, 2.24) is 9.38 Å². The summed E-state index contributed by atoms with van der Waals surface area (Å²) in [6.45, 7) is 3.41. The number of aromatic carboxylic acids is 1. The molecule has 0 saturated heterocycles. The molecule has 1 N–H and O–H groups in total. The van der Waals surface area contributed by atoms with Crippen LogP contribution in [-0.2, 0) is 6.18 Å². The second-order valence-electron chi connectivity index (χ2n) is 4.42. The number of alkyl halides is 3. The zero-order chi connectivity index (χ0) is 14.4. The minimum Gasteiger partial charge on any atom is -0.476 e. The topological polar surface area (TPSA) is 54.6 Å². The van der Waals surface area contributed by atoms with Crippen LogP contribution in [0, 0.1) is 0 Å². The number of hydrogen-bond donors (Lipinski definition) is 1. The lowest BCUT2D eigenvalue weighted by atomic mass is 10.1. The monoisotopic (exact) mass is 272 g/mol. The number of carboxylic acids is 1. The van der Waals surface area contributed by atoms with Gasteiger partial charge in [0.05, 0.1) is 11.3 Å². The number of hydrogen-bond acceptors (Lipinski definition) is 2. The van der Waals surface area contributed by atoms with Gasteiger partial charge in [-0.2, -0.15) is 13.2 Å². The molecule has 4 nitrogen and oxygen atoms in total. The molecular weight excluding hydrogens is 261 g/mol. The first-order valence-electron chi connectivity index (χ1n) is 5.55. The van der Waals surface area contributed by atoms with Crippen molar-refractivity contribution >= 4 is 11.6 Å². The SMILES string of the molecule is CC(C)c1c(C(=O)O)nc2c(C(F)(F)F)cccn12. The Hall–Kier alpha value is -2.05. The van der Waals surface area contributed by atoms with Crippen molar-refractivity contribution < 1.29 is 23.1 Å². The summed E-state index contributed by atoms with van der Waals surface area (Å²) in [5, 5.41) is 9.05. The third-order valence-corrected chi connectivity index (χ3v) is 2.74. The molecule has 0 fully saturated rings. The molecule has 2 rings (SSSR count). The minimum absolute atomic E-state index is 0.258. The van der Waals surface area contributed by atoms with E-state index in [2.05, 4.69) is 4.98 Å². The molecule has 0 radical (unpaired) electrons. The summed E-state index contributed by atoms with van der Waals surface area (Å²) in [6, 6.07) is 2.12. The van der Waals surface area contributed by atoms with Crippen molar-refractivity contribution in [3.05, 3.63) is 35.3 Å². The number of nitrogens with zero attached hydrogens (tertiary/aromatic N) is 2. The van der Waals surface area contributed by atoms with Gasteiger partial charge < -0.3 is 9.51 Å². The van der Waals surface area contributed by atoms with Gasteiger partial charge in [0.2, 0.25) is 0 Å². The lowest BCUT2D eigenvalue weighted by Crippen LogP contribution is -2.08. The van der Waals surface area contributed by atoms with Gasteiger partial charge in [-0.15, -0.1) is 0 Å². The highest BCUT2D eigenvalue weighted by molar-refractivity contribution is 5.88. The van der Waals surface area contributed by atoms with E-state index in [4.69, 9.17) is 5.11 Å². The minimum atomic E-state index is -4.57. The zero-order valence-electron chi connectivity index (χ0n) is 10.2. The maximum Gasteiger partial charge on any atom is 0.419 e. The molecule has 2 heterocycles. The third kappa shape index (κ3) is 2.16. The number of pyridine rings is 1. The predicted octanol–water partition coefficient (Wildman–Crippen LogP) is 3.17. The third-order valence-electron chi connectivity index (χ3n) is 2.74. The van der Waals surface area contributed by atoms with Crippen LogP contribution in [0.1, 0.15) is 41.5 Å². The number of imidazole rings is 1. The van der Waals surface area contributed by atoms with E-state index < -0.39 is 17.7 Å². The zero-order valence-corrected chi connectivity index (χ0v) is 10.2. The van der Waals surface area contributed by atoms with Crippen molar-refractivity contribution in [2.24, 2.45) is 0 Å². The first-order chi connectivity index (χ1) is 8.73. The van der Waals surface area contributed by atoms with Crippen molar-refractivity contribution in [2.75, 3.05) is 0 Å². The lowest BCUT2D eigenvalue weighted by Gasteiger charge is -2.10. The van der Waals surface area contributed by atoms with Gasteiger partial charge in [-0.25, -0.2) is 9.78 Å². The predicted molar refractivity (Wildman–Crippen MR) is 61.2 cm³/mol. The smallest absolute Gasteiger partial charge is 0.419 e. The molecule has 0 atom stereocenters. The summed E-state index contributed by atoms with van der Waals surface area (Å²) in [6.07, 6.45) is -3.18. The molecule has 0 aliphatic rings. The van der Waals surface area contributed by atoms with E-state index in [0.717, 1.165) is 6.07 Å². The molecule has 102 valence electrons. The van der Waals surface area contributed by atoms with E-state index in [-0.39, 0.29) is 23.0 Å². The highest BCUT2D eigenvalue weighted by Gasteiger charge is 2.35. The molecule has 0 amide bonds. The van der Waals surface area contributed by atoms with Crippen LogP contribution in [0.2, 0.25) is 0 Å². The highest BCUT2D eigenvalue weighted by Crippen LogP contribution is 2.33. The van der Waals surface area contributed by atoms with Crippen LogP contribution in [-0.4, -0.2) is 20.5 Å². The Kier molecular flexibility index (Phi) is 3.00. The first-order valence-corrected chi connectivity index (χ1v) is 5.55. The number of carboxylic acid groups (broad SMARTS) is 1. The van der Waals surface area contributed by atoms with Crippen LogP contribution >= 0.6 is 0 Å². The Bertz CT molecular complexity index is 644. The summed E-state index contributed by atoms with van der Waals surface area (Å²) >= 11 is 0. The van der Waals surface area contributed by atoms with E-state index in [1.807, 2.05) is 0 Å². The fourth-order valence-electron chi connectivity index (χ4n) is 2.02. The Balaban J connectivity index is 2.87. The quantitative estimate of drug-likeness (QED) is 0.913. The second kappa shape index (κ2) is 4.25. The van der Waals surface area contributed by atoms with Gasteiger partial charge in [-0.3, -0.25) is 0 Å². The standard InChI is InChI=1S/C12H11F3N2O2/c1-6(2)9-8(11(18)19)16-10-7(12(13,14)15)4-3-5-17(9)10/h3-6H,1-2H3,(H,18,19). The average molecular weight is 272 g/mol. The summed E-state index contributed by atoms with van der Waals surface area (Å²) < 4.78 is 39.8. The van der Waals surface area contributed by atoms with Crippen LogP contribution in [0.4, 0.5) is 13.2 Å². The van der Waals surface area contributed by atoms with Crippen molar-refractivity contribution in [1.29, 1.82) is 0 Å². The van der Waals surface area contributed by atoms with Crippen molar-refractivity contribution in [3.63, 3.8) is 0 Å². The van der Waals surface area contributed by atoms with Crippen LogP contribution in [0.3, 0.4) is 0 Å². The summed E-state index contributed by atoms with van der Waals surface area (Å²) in [5.74, 6) is -1.59. The molecular formula is C12H11F3N2O2. The fraction of sp³-hybridized carbons (Fsp3) is 0.333. The Morgan fingerprint density at radius 3 is 2.53 bits per heavy atom. The maximum atomic E-state index is 12.9. The molecule has 0 aliphatic heterocycles. The van der Waals surface area contributed by atoms with E-state index in [9.17, 15) is 18.0 Å². The van der Waals surface area contributed by atoms with Gasteiger partial charge >= 0.3 is 12.1 Å². The molecule has 7 heteroatoms. The number of aromatic nitrogens is 2. The van der Waals surface area contributed by atoms with Crippen LogP contribution in [0.25, 0.3) is 5.65 Å². The summed E-state index contributed by atoms with van der Waals surface area (Å²) in [7, 11) is 0. The average Bonchev–Trinajstić information content (AvgIpc) is 2.66. The Morgan fingerprint density at radius 2 is 2.05 bits per heavy atom. The molecule has 0 unspecified atom stereocenters. The molecule has 0 spiro atoms. The maximum absolute atomic E-state index is 12.9. The summed E-state index contributed by atoms with van der Waals surface area (Å²) in [4.78, 5) is 14.7. The van der Waals surface area contributed by atoms with Gasteiger partial charge in [-0.1, -0.05) is 13.8 Å².